The number of benzene rings is 1. The van der Waals surface area contributed by atoms with Crippen LogP contribution in [0.4, 0.5) is 0 Å². The smallest absolute Gasteiger partial charge is 0.257 e. The lowest BCUT2D eigenvalue weighted by Gasteiger charge is -2.16. The first-order valence-corrected chi connectivity index (χ1v) is 7.56. The lowest BCUT2D eigenvalue weighted by atomic mass is 10.1. The first-order chi connectivity index (χ1) is 9.43. The van der Waals surface area contributed by atoms with E-state index in [0.717, 1.165) is 34.4 Å². The Labute approximate surface area is 129 Å². The standard InChI is InChI=1S/C15H23BrN2O2/c1-10(2)7-18-8-12-6-13(16)5-11(3)15(12)20-9-14(19)17-4/h5-6,10,18H,7-9H2,1-4H3,(H,17,19). The highest BCUT2D eigenvalue weighted by Gasteiger charge is 2.11. The van der Waals surface area contributed by atoms with Gasteiger partial charge in [-0.1, -0.05) is 29.8 Å². The average Bonchev–Trinajstić information content (AvgIpc) is 2.36. The third kappa shape index (κ3) is 5.51. The normalized spacial score (nSPS) is 10.7. The third-order valence-electron chi connectivity index (χ3n) is 2.81. The van der Waals surface area contributed by atoms with Gasteiger partial charge in [-0.05, 0) is 37.1 Å². The van der Waals surface area contributed by atoms with Crippen LogP contribution < -0.4 is 15.4 Å². The largest absolute Gasteiger partial charge is 0.483 e. The van der Waals surface area contributed by atoms with Gasteiger partial charge in [0.15, 0.2) is 6.61 Å². The number of hydrogen-bond acceptors (Lipinski definition) is 3. The predicted octanol–water partition coefficient (Wildman–Crippen LogP) is 2.63. The zero-order valence-electron chi connectivity index (χ0n) is 12.5. The second kappa shape index (κ2) is 8.27. The van der Waals surface area contributed by atoms with Gasteiger partial charge in [-0.3, -0.25) is 4.79 Å². The van der Waals surface area contributed by atoms with Gasteiger partial charge in [0.25, 0.3) is 5.91 Å². The van der Waals surface area contributed by atoms with Gasteiger partial charge in [0, 0.05) is 23.6 Å². The Balaban J connectivity index is 2.81. The van der Waals surface area contributed by atoms with Crippen molar-refractivity contribution in [1.82, 2.24) is 10.6 Å². The summed E-state index contributed by atoms with van der Waals surface area (Å²) in [5, 5.41) is 5.95. The van der Waals surface area contributed by atoms with E-state index in [-0.39, 0.29) is 12.5 Å². The predicted molar refractivity (Wildman–Crippen MR) is 85.0 cm³/mol. The summed E-state index contributed by atoms with van der Waals surface area (Å²) in [6, 6.07) is 4.02. The molecule has 0 fully saturated rings. The molecule has 4 nitrogen and oxygen atoms in total. The van der Waals surface area contributed by atoms with E-state index in [1.807, 2.05) is 19.1 Å². The monoisotopic (exact) mass is 342 g/mol. The van der Waals surface area contributed by atoms with Crippen LogP contribution in [0.1, 0.15) is 25.0 Å². The molecule has 1 aromatic carbocycles. The molecule has 20 heavy (non-hydrogen) atoms. The van der Waals surface area contributed by atoms with Crippen molar-refractivity contribution in [3.63, 3.8) is 0 Å². The molecule has 0 spiro atoms. The topological polar surface area (TPSA) is 50.4 Å². The zero-order chi connectivity index (χ0) is 15.1. The van der Waals surface area contributed by atoms with Crippen LogP contribution >= 0.6 is 15.9 Å². The van der Waals surface area contributed by atoms with Gasteiger partial charge >= 0.3 is 0 Å². The first kappa shape index (κ1) is 17.0. The minimum absolute atomic E-state index is 0.0379. The Kier molecular flexibility index (Phi) is 7.02. The Morgan fingerprint density at radius 3 is 2.70 bits per heavy atom. The number of carbonyl (C=O) groups excluding carboxylic acids is 1. The van der Waals surface area contributed by atoms with E-state index in [1.165, 1.54) is 0 Å². The van der Waals surface area contributed by atoms with Gasteiger partial charge in [-0.15, -0.1) is 0 Å². The van der Waals surface area contributed by atoms with Crippen molar-refractivity contribution in [3.05, 3.63) is 27.7 Å². The SMILES string of the molecule is CNC(=O)COc1c(C)cc(Br)cc1CNCC(C)C. The highest BCUT2D eigenvalue weighted by Crippen LogP contribution is 2.28. The number of carbonyl (C=O) groups is 1. The highest BCUT2D eigenvalue weighted by molar-refractivity contribution is 9.10. The summed E-state index contributed by atoms with van der Waals surface area (Å²) >= 11 is 3.50. The number of aryl methyl sites for hydroxylation is 1. The molecule has 5 heteroatoms. The van der Waals surface area contributed by atoms with Crippen LogP contribution in [0.2, 0.25) is 0 Å². The third-order valence-corrected chi connectivity index (χ3v) is 3.27. The van der Waals surface area contributed by atoms with Crippen molar-refractivity contribution in [1.29, 1.82) is 0 Å². The van der Waals surface area contributed by atoms with Crippen LogP contribution in [0.3, 0.4) is 0 Å². The number of ether oxygens (including phenoxy) is 1. The molecule has 0 aliphatic heterocycles. The molecule has 0 aliphatic rings. The van der Waals surface area contributed by atoms with Crippen LogP contribution in [0.15, 0.2) is 16.6 Å². The summed E-state index contributed by atoms with van der Waals surface area (Å²) in [7, 11) is 1.60. The maximum atomic E-state index is 11.3. The minimum Gasteiger partial charge on any atom is -0.483 e. The summed E-state index contributed by atoms with van der Waals surface area (Å²) in [4.78, 5) is 11.3. The van der Waals surface area contributed by atoms with E-state index >= 15 is 0 Å². The summed E-state index contributed by atoms with van der Waals surface area (Å²) < 4.78 is 6.68. The van der Waals surface area contributed by atoms with Crippen molar-refractivity contribution in [2.24, 2.45) is 5.92 Å². The molecule has 0 aromatic heterocycles. The lowest BCUT2D eigenvalue weighted by Crippen LogP contribution is -2.26. The molecule has 1 rings (SSSR count). The highest BCUT2D eigenvalue weighted by atomic mass is 79.9. The number of likely N-dealkylation sites (N-methyl/N-ethyl adjacent to an activating group) is 1. The molecule has 0 aliphatic carbocycles. The molecule has 0 saturated carbocycles. The molecular weight excluding hydrogens is 320 g/mol. The van der Waals surface area contributed by atoms with Gasteiger partial charge < -0.3 is 15.4 Å². The van der Waals surface area contributed by atoms with Gasteiger partial charge in [0.05, 0.1) is 0 Å². The fourth-order valence-corrected chi connectivity index (χ4v) is 2.46. The van der Waals surface area contributed by atoms with Gasteiger partial charge in [-0.25, -0.2) is 0 Å². The number of rotatable bonds is 7. The number of halogens is 1. The second-order valence-corrected chi connectivity index (χ2v) is 6.11. The molecule has 0 bridgehead atoms. The molecule has 1 amide bonds. The van der Waals surface area contributed by atoms with Crippen molar-refractivity contribution in [3.8, 4) is 5.75 Å². The summed E-state index contributed by atoms with van der Waals surface area (Å²) in [5.74, 6) is 1.25. The molecule has 1 aromatic rings. The molecular formula is C15H23BrN2O2. The average molecular weight is 343 g/mol. The van der Waals surface area contributed by atoms with Crippen LogP contribution in [0, 0.1) is 12.8 Å². The van der Waals surface area contributed by atoms with Crippen molar-refractivity contribution >= 4 is 21.8 Å². The van der Waals surface area contributed by atoms with Crippen LogP contribution in [0.25, 0.3) is 0 Å². The molecule has 112 valence electrons. The van der Waals surface area contributed by atoms with Crippen LogP contribution in [-0.2, 0) is 11.3 Å². The zero-order valence-corrected chi connectivity index (χ0v) is 14.1. The Hall–Kier alpha value is -1.07. The van der Waals surface area contributed by atoms with Crippen molar-refractivity contribution < 1.29 is 9.53 Å². The Bertz CT molecular complexity index is 461. The van der Waals surface area contributed by atoms with E-state index in [1.54, 1.807) is 7.05 Å². The fraction of sp³-hybridized carbons (Fsp3) is 0.533. The van der Waals surface area contributed by atoms with Crippen LogP contribution in [0.5, 0.6) is 5.75 Å². The molecule has 0 unspecified atom stereocenters. The number of nitrogens with one attached hydrogen (secondary N) is 2. The van der Waals surface area contributed by atoms with E-state index in [9.17, 15) is 4.79 Å². The second-order valence-electron chi connectivity index (χ2n) is 5.20. The molecule has 2 N–H and O–H groups in total. The number of amides is 1. The van der Waals surface area contributed by atoms with Crippen LogP contribution in [-0.4, -0.2) is 26.1 Å². The molecule has 0 radical (unpaired) electrons. The van der Waals surface area contributed by atoms with Crippen molar-refractivity contribution in [2.75, 3.05) is 20.2 Å². The van der Waals surface area contributed by atoms with Crippen molar-refractivity contribution in [2.45, 2.75) is 27.3 Å². The van der Waals surface area contributed by atoms with E-state index < -0.39 is 0 Å². The maximum Gasteiger partial charge on any atom is 0.257 e. The number of hydrogen-bond donors (Lipinski definition) is 2. The fourth-order valence-electron chi connectivity index (χ4n) is 1.84. The summed E-state index contributed by atoms with van der Waals surface area (Å²) in [5.41, 5.74) is 2.08. The van der Waals surface area contributed by atoms with Gasteiger partial charge in [0.2, 0.25) is 0 Å². The Morgan fingerprint density at radius 1 is 1.40 bits per heavy atom. The maximum absolute atomic E-state index is 11.3. The van der Waals surface area contributed by atoms with E-state index in [0.29, 0.717) is 5.92 Å². The first-order valence-electron chi connectivity index (χ1n) is 6.77. The Morgan fingerprint density at radius 2 is 2.10 bits per heavy atom. The van der Waals surface area contributed by atoms with Gasteiger partial charge in [0.1, 0.15) is 5.75 Å². The van der Waals surface area contributed by atoms with Gasteiger partial charge in [-0.2, -0.15) is 0 Å². The van der Waals surface area contributed by atoms with E-state index in [4.69, 9.17) is 4.74 Å². The molecule has 0 atom stereocenters. The summed E-state index contributed by atoms with van der Waals surface area (Å²) in [6.07, 6.45) is 0. The molecule has 0 saturated heterocycles. The minimum atomic E-state index is -0.131. The molecule has 0 heterocycles. The summed E-state index contributed by atoms with van der Waals surface area (Å²) in [6.45, 7) is 8.03. The van der Waals surface area contributed by atoms with E-state index in [2.05, 4.69) is 40.4 Å². The quantitative estimate of drug-likeness (QED) is 0.800. The lowest BCUT2D eigenvalue weighted by molar-refractivity contribution is -0.122.